The third-order valence-electron chi connectivity index (χ3n) is 6.91. The molecule has 0 radical (unpaired) electrons. The first-order valence-electron chi connectivity index (χ1n) is 12.1. The van der Waals surface area contributed by atoms with E-state index in [1.807, 2.05) is 31.2 Å². The Labute approximate surface area is 229 Å². The third kappa shape index (κ3) is 5.91. The van der Waals surface area contributed by atoms with Crippen molar-refractivity contribution in [2.24, 2.45) is 11.1 Å². The van der Waals surface area contributed by atoms with E-state index in [4.69, 9.17) is 21.5 Å². The molecule has 1 aliphatic carbocycles. The number of hydrogen-bond donors (Lipinski definition) is 3. The number of hydrogen-bond acceptors (Lipinski definition) is 10. The Kier molecular flexibility index (Phi) is 7.83. The number of aromatic nitrogens is 2. The number of thiophene rings is 1. The topological polar surface area (TPSA) is 154 Å². The summed E-state index contributed by atoms with van der Waals surface area (Å²) < 4.78 is 33.0. The van der Waals surface area contributed by atoms with Gasteiger partial charge >= 0.3 is 10.3 Å². The minimum atomic E-state index is -4.10. The molecule has 38 heavy (non-hydrogen) atoms. The molecule has 13 heteroatoms. The summed E-state index contributed by atoms with van der Waals surface area (Å²) in [6, 6.07) is 7.42. The second kappa shape index (κ2) is 11.0. The van der Waals surface area contributed by atoms with Crippen LogP contribution in [0.15, 0.2) is 36.8 Å². The Balaban J connectivity index is 1.35. The molecule has 1 fully saturated rings. The molecule has 1 saturated carbocycles. The van der Waals surface area contributed by atoms with Gasteiger partial charge in [0.25, 0.3) is 0 Å². The van der Waals surface area contributed by atoms with Crippen molar-refractivity contribution in [2.45, 2.75) is 44.4 Å². The number of aliphatic hydroxyl groups is 1. The normalized spacial score (nSPS) is 23.3. The van der Waals surface area contributed by atoms with Crippen molar-refractivity contribution in [3.8, 4) is 0 Å². The van der Waals surface area contributed by atoms with Crippen LogP contribution >= 0.6 is 22.9 Å². The van der Waals surface area contributed by atoms with Gasteiger partial charge in [-0.15, -0.1) is 11.3 Å². The van der Waals surface area contributed by atoms with Gasteiger partial charge in [-0.2, -0.15) is 8.42 Å². The van der Waals surface area contributed by atoms with Crippen LogP contribution in [0.25, 0.3) is 0 Å². The van der Waals surface area contributed by atoms with Crippen molar-refractivity contribution < 1.29 is 27.2 Å². The molecule has 4 N–H and O–H groups in total. The van der Waals surface area contributed by atoms with Crippen LogP contribution in [0.3, 0.4) is 0 Å². The first kappa shape index (κ1) is 27.1. The molecule has 2 aliphatic rings. The van der Waals surface area contributed by atoms with Gasteiger partial charge in [0.15, 0.2) is 0 Å². The van der Waals surface area contributed by atoms with Gasteiger partial charge in [0, 0.05) is 28.1 Å². The minimum Gasteiger partial charge on any atom is -0.393 e. The van der Waals surface area contributed by atoms with Crippen molar-refractivity contribution >= 4 is 44.8 Å². The highest BCUT2D eigenvalue weighted by Crippen LogP contribution is 2.39. The summed E-state index contributed by atoms with van der Waals surface area (Å²) >= 11 is 7.64. The summed E-state index contributed by atoms with van der Waals surface area (Å²) in [6.45, 7) is 2.32. The lowest BCUT2D eigenvalue weighted by Crippen LogP contribution is -2.24. The maximum absolute atomic E-state index is 13.6. The van der Waals surface area contributed by atoms with E-state index in [1.54, 1.807) is 0 Å². The molecule has 1 aromatic carbocycles. The highest BCUT2D eigenvalue weighted by molar-refractivity contribution is 7.84. The highest BCUT2D eigenvalue weighted by Gasteiger charge is 2.35. The number of ether oxygens (including phenoxy) is 1. The molecule has 3 heterocycles. The largest absolute Gasteiger partial charge is 0.393 e. The first-order valence-corrected chi connectivity index (χ1v) is 14.7. The van der Waals surface area contributed by atoms with Crippen LogP contribution in [0, 0.1) is 12.8 Å². The SMILES string of the molecule is Cc1sc(C(=O)c2cncnc2N[C@@H]2C[C@H](COS(N)(=O)=O)[C@@H](O)C2)cc1C1OCCc2ccc(Cl)cc21. The van der Waals surface area contributed by atoms with Crippen LogP contribution in [-0.2, 0) is 25.6 Å². The number of nitrogens with two attached hydrogens (primary N) is 1. The molecule has 4 atom stereocenters. The van der Waals surface area contributed by atoms with Gasteiger partial charge in [0.2, 0.25) is 5.78 Å². The summed E-state index contributed by atoms with van der Waals surface area (Å²) in [5.74, 6) is -0.322. The molecule has 2 aromatic heterocycles. The number of fused-ring (bicyclic) bond motifs is 1. The number of halogens is 1. The van der Waals surface area contributed by atoms with E-state index >= 15 is 0 Å². The molecular formula is C25H27ClN4O6S2. The number of carbonyl (C=O) groups is 1. The van der Waals surface area contributed by atoms with Crippen molar-refractivity contribution in [3.63, 3.8) is 0 Å². The molecule has 1 aliphatic heterocycles. The summed E-state index contributed by atoms with van der Waals surface area (Å²) in [5.41, 5.74) is 3.41. The van der Waals surface area contributed by atoms with Gasteiger partial charge in [0.1, 0.15) is 18.2 Å². The van der Waals surface area contributed by atoms with E-state index in [2.05, 4.69) is 19.5 Å². The molecule has 0 saturated heterocycles. The number of nitrogens with zero attached hydrogens (tertiary/aromatic N) is 2. The van der Waals surface area contributed by atoms with Crippen molar-refractivity contribution in [1.29, 1.82) is 0 Å². The van der Waals surface area contributed by atoms with Crippen LogP contribution in [0.1, 0.15) is 55.7 Å². The lowest BCUT2D eigenvalue weighted by molar-refractivity contribution is 0.0697. The molecule has 10 nitrogen and oxygen atoms in total. The zero-order valence-electron chi connectivity index (χ0n) is 20.5. The number of ketones is 1. The quantitative estimate of drug-likeness (QED) is 0.342. The fourth-order valence-corrected chi connectivity index (χ4v) is 6.61. The zero-order chi connectivity index (χ0) is 27.0. The van der Waals surface area contributed by atoms with Crippen LogP contribution in [0.5, 0.6) is 0 Å². The molecule has 5 rings (SSSR count). The number of rotatable bonds is 8. The maximum atomic E-state index is 13.6. The monoisotopic (exact) mass is 578 g/mol. The molecule has 0 bridgehead atoms. The van der Waals surface area contributed by atoms with E-state index in [9.17, 15) is 18.3 Å². The van der Waals surface area contributed by atoms with Gasteiger partial charge in [-0.3, -0.25) is 8.98 Å². The first-order chi connectivity index (χ1) is 18.1. The summed E-state index contributed by atoms with van der Waals surface area (Å²) in [5, 5.41) is 19.1. The highest BCUT2D eigenvalue weighted by atomic mass is 35.5. The van der Waals surface area contributed by atoms with Crippen LogP contribution in [0.4, 0.5) is 5.82 Å². The van der Waals surface area contributed by atoms with Crippen molar-refractivity contribution in [2.75, 3.05) is 18.5 Å². The third-order valence-corrected chi connectivity index (χ3v) is 8.68. The van der Waals surface area contributed by atoms with Gasteiger partial charge in [-0.1, -0.05) is 17.7 Å². The summed E-state index contributed by atoms with van der Waals surface area (Å²) in [6.07, 6.45) is 3.26. The van der Waals surface area contributed by atoms with Crippen LogP contribution in [0.2, 0.25) is 5.02 Å². The summed E-state index contributed by atoms with van der Waals surface area (Å²) in [4.78, 5) is 23.4. The smallest absolute Gasteiger partial charge is 0.333 e. The zero-order valence-corrected chi connectivity index (χ0v) is 22.9. The molecule has 3 aromatic rings. The van der Waals surface area contributed by atoms with E-state index in [-0.39, 0.29) is 24.5 Å². The molecule has 202 valence electrons. The Morgan fingerprint density at radius 3 is 2.92 bits per heavy atom. The minimum absolute atomic E-state index is 0.220. The second-order valence-corrected chi connectivity index (χ2v) is 12.4. The number of aryl methyl sites for hydroxylation is 1. The average molecular weight is 579 g/mol. The van der Waals surface area contributed by atoms with Crippen molar-refractivity contribution in [1.82, 2.24) is 9.97 Å². The number of nitrogens with one attached hydrogen (secondary N) is 1. The van der Waals surface area contributed by atoms with Gasteiger partial charge < -0.3 is 15.2 Å². The Hall–Kier alpha value is -2.45. The molecule has 0 amide bonds. The molecule has 1 unspecified atom stereocenters. The van der Waals surface area contributed by atoms with Crippen LogP contribution in [-0.4, -0.2) is 54.6 Å². The Morgan fingerprint density at radius 1 is 1.32 bits per heavy atom. The van der Waals surface area contributed by atoms with E-state index in [0.717, 1.165) is 22.4 Å². The van der Waals surface area contributed by atoms with Gasteiger partial charge in [-0.05, 0) is 61.1 Å². The Bertz CT molecular complexity index is 1460. The van der Waals surface area contributed by atoms with Gasteiger partial charge in [-0.25, -0.2) is 15.1 Å². The summed E-state index contributed by atoms with van der Waals surface area (Å²) in [7, 11) is -4.10. The van der Waals surface area contributed by atoms with E-state index < -0.39 is 22.3 Å². The number of aliphatic hydroxyl groups excluding tert-OH is 1. The van der Waals surface area contributed by atoms with Gasteiger partial charge in [0.05, 0.1) is 29.8 Å². The lowest BCUT2D eigenvalue weighted by atomic mass is 9.93. The fourth-order valence-electron chi connectivity index (χ4n) is 5.06. The standard InChI is InChI=1S/C25H27ClN4O6S2/c1-13-18(24-19-7-16(26)3-2-14(19)4-5-35-24)9-22(37-13)23(32)20-10-28-12-29-25(20)30-17-6-15(21(31)8-17)11-36-38(27,33)34/h2-3,7,9-10,12,15,17,21,24,31H,4-6,8,11H2,1H3,(H2,27,33,34)(H,28,29,30)/t15-,17-,21+,24?/m1/s1. The molecular weight excluding hydrogens is 552 g/mol. The lowest BCUT2D eigenvalue weighted by Gasteiger charge is -2.26. The molecule has 0 spiro atoms. The maximum Gasteiger partial charge on any atom is 0.333 e. The number of anilines is 1. The van der Waals surface area contributed by atoms with Crippen LogP contribution < -0.4 is 10.5 Å². The number of carbonyl (C=O) groups excluding carboxylic acids is 1. The van der Waals surface area contributed by atoms with E-state index in [1.165, 1.54) is 29.4 Å². The predicted octanol–water partition coefficient (Wildman–Crippen LogP) is 3.16. The van der Waals surface area contributed by atoms with Crippen molar-refractivity contribution in [3.05, 3.63) is 73.8 Å². The number of benzene rings is 1. The average Bonchev–Trinajstić information content (AvgIpc) is 3.43. The second-order valence-electron chi connectivity index (χ2n) is 9.50. The Morgan fingerprint density at radius 2 is 2.13 bits per heavy atom. The fraction of sp³-hybridized carbons (Fsp3) is 0.400. The predicted molar refractivity (Wildman–Crippen MR) is 143 cm³/mol. The van der Waals surface area contributed by atoms with E-state index in [0.29, 0.717) is 40.7 Å².